The maximum atomic E-state index is 11.9. The fourth-order valence-corrected chi connectivity index (χ4v) is 1.96. The molecule has 0 radical (unpaired) electrons. The second-order valence-electron chi connectivity index (χ2n) is 5.66. The van der Waals surface area contributed by atoms with Crippen molar-refractivity contribution < 1.29 is 24.2 Å². The Morgan fingerprint density at radius 2 is 1.81 bits per heavy atom. The Bertz CT molecular complexity index is 370. The molecule has 2 atom stereocenters. The molecule has 0 aliphatic heterocycles. The number of hydrogen-bond donors (Lipinski definition) is 2. The van der Waals surface area contributed by atoms with E-state index in [1.54, 1.807) is 14.0 Å². The SMILES string of the molecule is COC(=O)C(C)CN(C)C(=O)NCC(CC(C)C)C(=O)O. The Morgan fingerprint density at radius 1 is 1.24 bits per heavy atom. The van der Waals surface area contributed by atoms with Gasteiger partial charge in [-0.05, 0) is 12.3 Å². The van der Waals surface area contributed by atoms with E-state index in [0.29, 0.717) is 6.42 Å². The molecule has 2 amide bonds. The molecule has 0 aromatic rings. The highest BCUT2D eigenvalue weighted by atomic mass is 16.5. The first-order chi connectivity index (χ1) is 9.68. The third-order valence-electron chi connectivity index (χ3n) is 3.10. The Hall–Kier alpha value is -1.79. The fraction of sp³-hybridized carbons (Fsp3) is 0.786. The third kappa shape index (κ3) is 7.53. The topological polar surface area (TPSA) is 95.9 Å². The number of urea groups is 1. The molecule has 0 spiro atoms. The van der Waals surface area contributed by atoms with Crippen LogP contribution in [-0.2, 0) is 14.3 Å². The van der Waals surface area contributed by atoms with Gasteiger partial charge in [0.2, 0.25) is 0 Å². The maximum absolute atomic E-state index is 11.9. The molecule has 2 N–H and O–H groups in total. The lowest BCUT2D eigenvalue weighted by Gasteiger charge is -2.22. The number of carboxylic acid groups (broad SMARTS) is 1. The van der Waals surface area contributed by atoms with Gasteiger partial charge < -0.3 is 20.1 Å². The van der Waals surface area contributed by atoms with Gasteiger partial charge >= 0.3 is 18.0 Å². The van der Waals surface area contributed by atoms with Crippen LogP contribution in [0, 0.1) is 17.8 Å². The molecule has 0 fully saturated rings. The van der Waals surface area contributed by atoms with Gasteiger partial charge in [0, 0.05) is 20.1 Å². The summed E-state index contributed by atoms with van der Waals surface area (Å²) in [6.07, 6.45) is 0.498. The first-order valence-corrected chi connectivity index (χ1v) is 6.98. The molecule has 122 valence electrons. The lowest BCUT2D eigenvalue weighted by Crippen LogP contribution is -2.43. The molecule has 0 bridgehead atoms. The number of carbonyl (C=O) groups excluding carboxylic acids is 2. The normalized spacial score (nSPS) is 13.4. The van der Waals surface area contributed by atoms with Crippen LogP contribution in [0.5, 0.6) is 0 Å². The predicted molar refractivity (Wildman–Crippen MR) is 77.8 cm³/mol. The van der Waals surface area contributed by atoms with Crippen LogP contribution >= 0.6 is 0 Å². The fourth-order valence-electron chi connectivity index (χ4n) is 1.96. The number of carboxylic acids is 1. The molecule has 0 saturated heterocycles. The van der Waals surface area contributed by atoms with Crippen molar-refractivity contribution in [1.29, 1.82) is 0 Å². The maximum Gasteiger partial charge on any atom is 0.317 e. The number of hydrogen-bond acceptors (Lipinski definition) is 4. The summed E-state index contributed by atoms with van der Waals surface area (Å²) in [6.45, 7) is 5.81. The number of esters is 1. The van der Waals surface area contributed by atoms with Crippen LogP contribution in [0.4, 0.5) is 4.79 Å². The van der Waals surface area contributed by atoms with Crippen molar-refractivity contribution in [3.8, 4) is 0 Å². The molecule has 0 aliphatic carbocycles. The van der Waals surface area contributed by atoms with Gasteiger partial charge in [0.15, 0.2) is 0 Å². The van der Waals surface area contributed by atoms with E-state index in [1.165, 1.54) is 12.0 Å². The average Bonchev–Trinajstić information content (AvgIpc) is 2.40. The molecule has 21 heavy (non-hydrogen) atoms. The summed E-state index contributed by atoms with van der Waals surface area (Å²) in [6, 6.07) is -0.402. The third-order valence-corrected chi connectivity index (χ3v) is 3.10. The van der Waals surface area contributed by atoms with E-state index in [1.807, 2.05) is 13.8 Å². The quantitative estimate of drug-likeness (QED) is 0.656. The second kappa shape index (κ2) is 9.20. The van der Waals surface area contributed by atoms with Crippen molar-refractivity contribution >= 4 is 18.0 Å². The summed E-state index contributed by atoms with van der Waals surface area (Å²) in [7, 11) is 2.84. The average molecular weight is 302 g/mol. The minimum absolute atomic E-state index is 0.0727. The molecule has 0 heterocycles. The van der Waals surface area contributed by atoms with Gasteiger partial charge in [-0.3, -0.25) is 9.59 Å². The van der Waals surface area contributed by atoms with Crippen LogP contribution < -0.4 is 5.32 Å². The van der Waals surface area contributed by atoms with Crippen LogP contribution in [0.15, 0.2) is 0 Å². The molecule has 0 aromatic carbocycles. The lowest BCUT2D eigenvalue weighted by atomic mass is 9.97. The summed E-state index contributed by atoms with van der Waals surface area (Å²) in [5, 5.41) is 11.7. The molecule has 0 rings (SSSR count). The van der Waals surface area contributed by atoms with Gasteiger partial charge in [0.05, 0.1) is 18.9 Å². The van der Waals surface area contributed by atoms with E-state index in [9.17, 15) is 14.4 Å². The number of nitrogens with zero attached hydrogens (tertiary/aromatic N) is 1. The molecular weight excluding hydrogens is 276 g/mol. The van der Waals surface area contributed by atoms with Crippen molar-refractivity contribution in [1.82, 2.24) is 10.2 Å². The number of ether oxygens (including phenoxy) is 1. The summed E-state index contributed by atoms with van der Waals surface area (Å²) in [4.78, 5) is 35.6. The van der Waals surface area contributed by atoms with E-state index in [4.69, 9.17) is 5.11 Å². The van der Waals surface area contributed by atoms with E-state index in [0.717, 1.165) is 0 Å². The van der Waals surface area contributed by atoms with Gasteiger partial charge in [0.25, 0.3) is 0 Å². The number of rotatable bonds is 8. The highest BCUT2D eigenvalue weighted by Gasteiger charge is 2.22. The largest absolute Gasteiger partial charge is 0.481 e. The van der Waals surface area contributed by atoms with Crippen molar-refractivity contribution in [2.45, 2.75) is 27.2 Å². The first kappa shape index (κ1) is 19.2. The molecule has 0 aromatic heterocycles. The van der Waals surface area contributed by atoms with Gasteiger partial charge in [-0.2, -0.15) is 0 Å². The molecule has 0 saturated carbocycles. The van der Waals surface area contributed by atoms with E-state index in [-0.39, 0.29) is 19.0 Å². The zero-order valence-electron chi connectivity index (χ0n) is 13.4. The van der Waals surface area contributed by atoms with Crippen molar-refractivity contribution in [2.75, 3.05) is 27.2 Å². The van der Waals surface area contributed by atoms with E-state index in [2.05, 4.69) is 10.1 Å². The van der Waals surface area contributed by atoms with Gasteiger partial charge in [-0.25, -0.2) is 4.79 Å². The highest BCUT2D eigenvalue weighted by molar-refractivity contribution is 5.77. The Balaban J connectivity index is 4.34. The molecule has 7 heteroatoms. The number of carbonyl (C=O) groups is 3. The van der Waals surface area contributed by atoms with E-state index < -0.39 is 29.8 Å². The zero-order valence-corrected chi connectivity index (χ0v) is 13.4. The van der Waals surface area contributed by atoms with Crippen LogP contribution in [0.25, 0.3) is 0 Å². The number of aliphatic carboxylic acids is 1. The lowest BCUT2D eigenvalue weighted by molar-refractivity contribution is -0.145. The highest BCUT2D eigenvalue weighted by Crippen LogP contribution is 2.11. The molecule has 0 aliphatic rings. The number of amides is 2. The summed E-state index contributed by atoms with van der Waals surface area (Å²) in [5.41, 5.74) is 0. The Labute approximate surface area is 125 Å². The summed E-state index contributed by atoms with van der Waals surface area (Å²) in [5.74, 6) is -2.12. The standard InChI is InChI=1S/C14H26N2O5/c1-9(2)6-11(12(17)18)7-15-14(20)16(4)8-10(3)13(19)21-5/h9-11H,6-8H2,1-5H3,(H,15,20)(H,17,18). The molecule has 7 nitrogen and oxygen atoms in total. The van der Waals surface area contributed by atoms with Crippen molar-refractivity contribution in [3.63, 3.8) is 0 Å². The summed E-state index contributed by atoms with van der Waals surface area (Å²) < 4.78 is 4.59. The Morgan fingerprint density at radius 3 is 2.24 bits per heavy atom. The number of nitrogens with one attached hydrogen (secondary N) is 1. The van der Waals surface area contributed by atoms with Crippen LogP contribution in [0.3, 0.4) is 0 Å². The molecular formula is C14H26N2O5. The van der Waals surface area contributed by atoms with Crippen molar-refractivity contribution in [2.24, 2.45) is 17.8 Å². The molecule has 2 unspecified atom stereocenters. The summed E-state index contributed by atoms with van der Waals surface area (Å²) >= 11 is 0. The predicted octanol–water partition coefficient (Wildman–Crippen LogP) is 1.18. The van der Waals surface area contributed by atoms with Crippen LogP contribution in [0.2, 0.25) is 0 Å². The second-order valence-corrected chi connectivity index (χ2v) is 5.66. The zero-order chi connectivity index (χ0) is 16.6. The van der Waals surface area contributed by atoms with Gasteiger partial charge in [-0.1, -0.05) is 20.8 Å². The van der Waals surface area contributed by atoms with Crippen LogP contribution in [-0.4, -0.2) is 55.2 Å². The number of methoxy groups -OCH3 is 1. The van der Waals surface area contributed by atoms with Crippen LogP contribution in [0.1, 0.15) is 27.2 Å². The minimum Gasteiger partial charge on any atom is -0.481 e. The van der Waals surface area contributed by atoms with Gasteiger partial charge in [-0.15, -0.1) is 0 Å². The van der Waals surface area contributed by atoms with E-state index >= 15 is 0 Å². The smallest absolute Gasteiger partial charge is 0.317 e. The first-order valence-electron chi connectivity index (χ1n) is 6.98. The Kier molecular flexibility index (Phi) is 8.42. The van der Waals surface area contributed by atoms with Gasteiger partial charge in [0.1, 0.15) is 0 Å². The van der Waals surface area contributed by atoms with Crippen molar-refractivity contribution in [3.05, 3.63) is 0 Å². The monoisotopic (exact) mass is 302 g/mol. The minimum atomic E-state index is -0.922.